The monoisotopic (exact) mass is 266 g/mol. The molecule has 0 saturated heterocycles. The molecule has 0 aliphatic carbocycles. The Bertz CT molecular complexity index is 422. The summed E-state index contributed by atoms with van der Waals surface area (Å²) < 4.78 is 9.49. The molecule has 1 aromatic carbocycles. The molecule has 0 aliphatic heterocycles. The van der Waals surface area contributed by atoms with Crippen molar-refractivity contribution in [2.75, 3.05) is 7.11 Å². The fourth-order valence-electron chi connectivity index (χ4n) is 1.38. The van der Waals surface area contributed by atoms with Crippen molar-refractivity contribution in [3.05, 3.63) is 35.9 Å². The number of esters is 1. The van der Waals surface area contributed by atoms with Crippen molar-refractivity contribution >= 4 is 12.1 Å². The zero-order valence-electron chi connectivity index (χ0n) is 11.0. The van der Waals surface area contributed by atoms with Crippen LogP contribution in [0, 0.1) is 0 Å². The SMILES string of the molecule is COC(=O)[C@H](N)[C@@H](C)NC(=O)OCc1ccccc1. The molecule has 0 radical (unpaired) electrons. The molecule has 1 amide bonds. The van der Waals surface area contributed by atoms with Crippen molar-refractivity contribution < 1.29 is 19.1 Å². The fraction of sp³-hybridized carbons (Fsp3) is 0.385. The van der Waals surface area contributed by atoms with Gasteiger partial charge in [0.25, 0.3) is 0 Å². The van der Waals surface area contributed by atoms with Crippen LogP contribution in [0.1, 0.15) is 12.5 Å². The number of amides is 1. The van der Waals surface area contributed by atoms with E-state index in [9.17, 15) is 9.59 Å². The smallest absolute Gasteiger partial charge is 0.407 e. The minimum absolute atomic E-state index is 0.160. The van der Waals surface area contributed by atoms with E-state index in [4.69, 9.17) is 10.5 Å². The van der Waals surface area contributed by atoms with E-state index < -0.39 is 24.1 Å². The Balaban J connectivity index is 2.37. The molecule has 0 aromatic heterocycles. The first-order valence-corrected chi connectivity index (χ1v) is 5.85. The summed E-state index contributed by atoms with van der Waals surface area (Å²) in [7, 11) is 1.24. The number of carbonyl (C=O) groups excluding carboxylic acids is 2. The van der Waals surface area contributed by atoms with Crippen LogP contribution in [-0.2, 0) is 20.9 Å². The molecule has 6 nitrogen and oxygen atoms in total. The van der Waals surface area contributed by atoms with Crippen LogP contribution in [0.4, 0.5) is 4.79 Å². The quantitative estimate of drug-likeness (QED) is 0.769. The molecule has 0 saturated carbocycles. The van der Waals surface area contributed by atoms with Crippen LogP contribution < -0.4 is 11.1 Å². The van der Waals surface area contributed by atoms with Gasteiger partial charge in [0.1, 0.15) is 12.6 Å². The van der Waals surface area contributed by atoms with Gasteiger partial charge < -0.3 is 20.5 Å². The lowest BCUT2D eigenvalue weighted by Crippen LogP contribution is -2.50. The summed E-state index contributed by atoms with van der Waals surface area (Å²) in [4.78, 5) is 22.7. The summed E-state index contributed by atoms with van der Waals surface area (Å²) >= 11 is 0. The number of ether oxygens (including phenoxy) is 2. The van der Waals surface area contributed by atoms with E-state index in [0.717, 1.165) is 5.56 Å². The fourth-order valence-corrected chi connectivity index (χ4v) is 1.38. The average Bonchev–Trinajstić information content (AvgIpc) is 2.44. The van der Waals surface area contributed by atoms with Crippen molar-refractivity contribution in [1.82, 2.24) is 5.32 Å². The van der Waals surface area contributed by atoms with E-state index in [0.29, 0.717) is 0 Å². The van der Waals surface area contributed by atoms with E-state index in [1.807, 2.05) is 30.3 Å². The molecular weight excluding hydrogens is 248 g/mol. The average molecular weight is 266 g/mol. The summed E-state index contributed by atoms with van der Waals surface area (Å²) in [6, 6.07) is 7.78. The Morgan fingerprint density at radius 2 is 1.95 bits per heavy atom. The number of benzene rings is 1. The molecule has 0 bridgehead atoms. The lowest BCUT2D eigenvalue weighted by atomic mass is 10.1. The van der Waals surface area contributed by atoms with E-state index in [1.54, 1.807) is 6.92 Å². The molecule has 104 valence electrons. The molecule has 0 heterocycles. The molecule has 0 spiro atoms. The number of rotatable bonds is 5. The Labute approximate surface area is 111 Å². The number of hydrogen-bond donors (Lipinski definition) is 2. The number of hydrogen-bond acceptors (Lipinski definition) is 5. The second-order valence-electron chi connectivity index (χ2n) is 4.04. The third-order valence-corrected chi connectivity index (χ3v) is 2.57. The van der Waals surface area contributed by atoms with Crippen LogP contribution in [0.3, 0.4) is 0 Å². The Morgan fingerprint density at radius 3 is 2.53 bits per heavy atom. The van der Waals surface area contributed by atoms with Crippen LogP contribution in [-0.4, -0.2) is 31.3 Å². The number of carbonyl (C=O) groups is 2. The van der Waals surface area contributed by atoms with Gasteiger partial charge in [0.05, 0.1) is 13.2 Å². The van der Waals surface area contributed by atoms with Gasteiger partial charge in [0.15, 0.2) is 0 Å². The number of nitrogens with two attached hydrogens (primary N) is 1. The van der Waals surface area contributed by atoms with Gasteiger partial charge in [-0.25, -0.2) is 4.79 Å². The van der Waals surface area contributed by atoms with Crippen molar-refractivity contribution in [3.63, 3.8) is 0 Å². The van der Waals surface area contributed by atoms with Crippen LogP contribution in [0.5, 0.6) is 0 Å². The second-order valence-corrected chi connectivity index (χ2v) is 4.04. The number of alkyl carbamates (subject to hydrolysis) is 1. The largest absolute Gasteiger partial charge is 0.468 e. The highest BCUT2D eigenvalue weighted by Gasteiger charge is 2.23. The maximum Gasteiger partial charge on any atom is 0.407 e. The van der Waals surface area contributed by atoms with Gasteiger partial charge in [0.2, 0.25) is 0 Å². The molecule has 0 unspecified atom stereocenters. The maximum atomic E-state index is 11.5. The highest BCUT2D eigenvalue weighted by Crippen LogP contribution is 2.01. The molecule has 0 aliphatic rings. The molecule has 3 N–H and O–H groups in total. The summed E-state index contributed by atoms with van der Waals surface area (Å²) in [5, 5.41) is 2.48. The van der Waals surface area contributed by atoms with Gasteiger partial charge in [-0.05, 0) is 12.5 Å². The number of nitrogens with one attached hydrogen (secondary N) is 1. The van der Waals surface area contributed by atoms with E-state index in [2.05, 4.69) is 10.1 Å². The first-order valence-electron chi connectivity index (χ1n) is 5.85. The maximum absolute atomic E-state index is 11.5. The zero-order valence-corrected chi connectivity index (χ0v) is 11.0. The highest BCUT2D eigenvalue weighted by molar-refractivity contribution is 5.77. The Kier molecular flexibility index (Phi) is 5.81. The van der Waals surface area contributed by atoms with Crippen molar-refractivity contribution in [2.24, 2.45) is 5.73 Å². The van der Waals surface area contributed by atoms with Gasteiger partial charge >= 0.3 is 12.1 Å². The van der Waals surface area contributed by atoms with Crippen molar-refractivity contribution in [3.8, 4) is 0 Å². The first-order chi connectivity index (χ1) is 9.04. The van der Waals surface area contributed by atoms with Crippen LogP contribution in [0.25, 0.3) is 0 Å². The Hall–Kier alpha value is -2.08. The van der Waals surface area contributed by atoms with Gasteiger partial charge in [-0.2, -0.15) is 0 Å². The minimum atomic E-state index is -0.922. The third kappa shape index (κ3) is 4.97. The molecular formula is C13H18N2O4. The predicted molar refractivity (Wildman–Crippen MR) is 69.2 cm³/mol. The number of methoxy groups -OCH3 is 1. The molecule has 2 atom stereocenters. The summed E-state index contributed by atoms with van der Waals surface area (Å²) in [6.45, 7) is 1.76. The van der Waals surface area contributed by atoms with Gasteiger partial charge in [-0.3, -0.25) is 4.79 Å². The Morgan fingerprint density at radius 1 is 1.32 bits per heavy atom. The normalized spacial score (nSPS) is 13.2. The lowest BCUT2D eigenvalue weighted by Gasteiger charge is -2.18. The second kappa shape index (κ2) is 7.38. The first kappa shape index (κ1) is 15.0. The van der Waals surface area contributed by atoms with E-state index in [-0.39, 0.29) is 6.61 Å². The van der Waals surface area contributed by atoms with Crippen LogP contribution in [0.2, 0.25) is 0 Å². The molecule has 6 heteroatoms. The predicted octanol–water partition coefficient (Wildman–Crippen LogP) is 0.802. The summed E-state index contributed by atoms with van der Waals surface area (Å²) in [6.07, 6.45) is -0.629. The van der Waals surface area contributed by atoms with Crippen LogP contribution in [0.15, 0.2) is 30.3 Å². The van der Waals surface area contributed by atoms with Crippen LogP contribution >= 0.6 is 0 Å². The van der Waals surface area contributed by atoms with E-state index >= 15 is 0 Å². The molecule has 0 fully saturated rings. The standard InChI is InChI=1S/C13H18N2O4/c1-9(11(14)12(16)18-2)15-13(17)19-8-10-6-4-3-5-7-10/h3-7,9,11H,8,14H2,1-2H3,(H,15,17)/t9-,11-/m1/s1. The minimum Gasteiger partial charge on any atom is -0.468 e. The molecule has 1 aromatic rings. The zero-order chi connectivity index (χ0) is 14.3. The van der Waals surface area contributed by atoms with Gasteiger partial charge in [-0.1, -0.05) is 30.3 Å². The topological polar surface area (TPSA) is 90.6 Å². The summed E-state index contributed by atoms with van der Waals surface area (Å²) in [5.74, 6) is -0.587. The molecule has 1 rings (SSSR count). The van der Waals surface area contributed by atoms with Gasteiger partial charge in [0, 0.05) is 0 Å². The van der Waals surface area contributed by atoms with Crippen molar-refractivity contribution in [2.45, 2.75) is 25.6 Å². The molecule has 19 heavy (non-hydrogen) atoms. The van der Waals surface area contributed by atoms with Crippen molar-refractivity contribution in [1.29, 1.82) is 0 Å². The van der Waals surface area contributed by atoms with E-state index in [1.165, 1.54) is 7.11 Å². The van der Waals surface area contributed by atoms with Gasteiger partial charge in [-0.15, -0.1) is 0 Å². The summed E-state index contributed by atoms with van der Waals surface area (Å²) in [5.41, 5.74) is 6.46. The third-order valence-electron chi connectivity index (χ3n) is 2.57. The highest BCUT2D eigenvalue weighted by atomic mass is 16.5. The lowest BCUT2D eigenvalue weighted by molar-refractivity contribution is -0.142.